The van der Waals surface area contributed by atoms with Crippen molar-refractivity contribution in [2.75, 3.05) is 13.2 Å². The summed E-state index contributed by atoms with van der Waals surface area (Å²) >= 11 is 3.37. The Hall–Kier alpha value is -1.59. The molecule has 0 unspecified atom stereocenters. The maximum absolute atomic E-state index is 13.3. The van der Waals surface area contributed by atoms with E-state index in [4.69, 9.17) is 15.2 Å². The van der Waals surface area contributed by atoms with Gasteiger partial charge in [-0.05, 0) is 35.9 Å². The Labute approximate surface area is 125 Å². The summed E-state index contributed by atoms with van der Waals surface area (Å²) in [6.45, 7) is 0.994. The summed E-state index contributed by atoms with van der Waals surface area (Å²) in [5, 5.41) is 0. The topological polar surface area (TPSA) is 44.5 Å². The van der Waals surface area contributed by atoms with Crippen LogP contribution in [0.15, 0.2) is 46.9 Å². The second kappa shape index (κ2) is 7.26. The maximum Gasteiger partial charge on any atom is 0.127 e. The third-order valence-electron chi connectivity index (χ3n) is 2.58. The minimum absolute atomic E-state index is 0.280. The lowest BCUT2D eigenvalue weighted by molar-refractivity contribution is 0.216. The summed E-state index contributed by atoms with van der Waals surface area (Å²) in [5.41, 5.74) is 6.18. The summed E-state index contributed by atoms with van der Waals surface area (Å²) in [6, 6.07) is 12.0. The number of nitrogens with two attached hydrogens (primary N) is 1. The van der Waals surface area contributed by atoms with Crippen LogP contribution in [0, 0.1) is 5.82 Å². The fourth-order valence-electron chi connectivity index (χ4n) is 1.70. The smallest absolute Gasteiger partial charge is 0.127 e. The normalized spacial score (nSPS) is 10.3. The first-order chi connectivity index (χ1) is 9.67. The van der Waals surface area contributed by atoms with E-state index >= 15 is 0 Å². The Bertz CT molecular complexity index is 578. The number of rotatable bonds is 6. The number of ether oxygens (including phenoxy) is 2. The van der Waals surface area contributed by atoms with E-state index in [-0.39, 0.29) is 12.4 Å². The van der Waals surface area contributed by atoms with Gasteiger partial charge in [0, 0.05) is 17.1 Å². The molecular formula is C15H15BrFNO2. The lowest BCUT2D eigenvalue weighted by atomic mass is 10.2. The van der Waals surface area contributed by atoms with Crippen LogP contribution in [-0.4, -0.2) is 13.2 Å². The van der Waals surface area contributed by atoms with Gasteiger partial charge in [-0.25, -0.2) is 4.39 Å². The Balaban J connectivity index is 1.82. The molecule has 0 atom stereocenters. The number of hydrogen-bond acceptors (Lipinski definition) is 3. The van der Waals surface area contributed by atoms with Gasteiger partial charge in [-0.1, -0.05) is 22.0 Å². The highest BCUT2D eigenvalue weighted by atomic mass is 79.9. The van der Waals surface area contributed by atoms with E-state index in [2.05, 4.69) is 15.9 Å². The van der Waals surface area contributed by atoms with Crippen molar-refractivity contribution in [2.45, 2.75) is 6.54 Å². The van der Waals surface area contributed by atoms with Crippen LogP contribution >= 0.6 is 15.9 Å². The van der Waals surface area contributed by atoms with Crippen LogP contribution in [0.1, 0.15) is 5.56 Å². The number of benzene rings is 2. The quantitative estimate of drug-likeness (QED) is 0.819. The largest absolute Gasteiger partial charge is 0.490 e. The van der Waals surface area contributed by atoms with Gasteiger partial charge in [0.25, 0.3) is 0 Å². The molecule has 0 heterocycles. The first-order valence-electron chi connectivity index (χ1n) is 6.18. The van der Waals surface area contributed by atoms with Gasteiger partial charge in [0.2, 0.25) is 0 Å². The molecule has 0 aliphatic carbocycles. The molecule has 0 aromatic heterocycles. The fourth-order valence-corrected chi connectivity index (χ4v) is 2.08. The van der Waals surface area contributed by atoms with Gasteiger partial charge in [-0.2, -0.15) is 0 Å². The van der Waals surface area contributed by atoms with E-state index in [0.29, 0.717) is 24.5 Å². The van der Waals surface area contributed by atoms with Gasteiger partial charge in [0.05, 0.1) is 0 Å². The van der Waals surface area contributed by atoms with Crippen LogP contribution in [0.25, 0.3) is 0 Å². The number of hydrogen-bond donors (Lipinski definition) is 1. The standard InChI is InChI=1S/C15H15BrFNO2/c16-12-2-1-3-14(8-12)19-4-5-20-15-7-11(10-18)6-13(17)9-15/h1-3,6-9H,4-5,10,18H2. The molecular weight excluding hydrogens is 325 g/mol. The Morgan fingerprint density at radius 3 is 2.45 bits per heavy atom. The van der Waals surface area contributed by atoms with Crippen molar-refractivity contribution in [2.24, 2.45) is 5.73 Å². The highest BCUT2D eigenvalue weighted by Gasteiger charge is 2.01. The second-order valence-electron chi connectivity index (χ2n) is 4.15. The zero-order valence-corrected chi connectivity index (χ0v) is 12.4. The van der Waals surface area contributed by atoms with Gasteiger partial charge in [0.1, 0.15) is 30.5 Å². The van der Waals surface area contributed by atoms with Crippen molar-refractivity contribution in [3.8, 4) is 11.5 Å². The molecule has 0 saturated carbocycles. The van der Waals surface area contributed by atoms with Gasteiger partial charge in [0.15, 0.2) is 0 Å². The monoisotopic (exact) mass is 339 g/mol. The van der Waals surface area contributed by atoms with Crippen molar-refractivity contribution in [3.63, 3.8) is 0 Å². The van der Waals surface area contributed by atoms with Crippen LogP contribution in [-0.2, 0) is 6.54 Å². The Morgan fingerprint density at radius 2 is 1.75 bits per heavy atom. The second-order valence-corrected chi connectivity index (χ2v) is 5.07. The Kier molecular flexibility index (Phi) is 5.38. The summed E-state index contributed by atoms with van der Waals surface area (Å²) in [7, 11) is 0. The molecule has 2 N–H and O–H groups in total. The zero-order chi connectivity index (χ0) is 14.4. The molecule has 0 radical (unpaired) electrons. The van der Waals surface area contributed by atoms with Gasteiger partial charge in [-0.15, -0.1) is 0 Å². The lowest BCUT2D eigenvalue weighted by Gasteiger charge is -2.09. The molecule has 106 valence electrons. The fraction of sp³-hybridized carbons (Fsp3) is 0.200. The van der Waals surface area contributed by atoms with Gasteiger partial charge in [-0.3, -0.25) is 0 Å². The Morgan fingerprint density at radius 1 is 1.00 bits per heavy atom. The van der Waals surface area contributed by atoms with Crippen molar-refractivity contribution in [3.05, 3.63) is 58.3 Å². The van der Waals surface area contributed by atoms with Crippen LogP contribution in [0.3, 0.4) is 0 Å². The van der Waals surface area contributed by atoms with E-state index in [1.165, 1.54) is 12.1 Å². The molecule has 2 rings (SSSR count). The zero-order valence-electron chi connectivity index (χ0n) is 10.8. The molecule has 5 heteroatoms. The SMILES string of the molecule is NCc1cc(F)cc(OCCOc2cccc(Br)c2)c1. The molecule has 20 heavy (non-hydrogen) atoms. The summed E-state index contributed by atoms with van der Waals surface area (Å²) in [6.07, 6.45) is 0. The van der Waals surface area contributed by atoms with Gasteiger partial charge >= 0.3 is 0 Å². The molecule has 0 bridgehead atoms. The average Bonchev–Trinajstić information content (AvgIpc) is 2.43. The molecule has 0 aliphatic rings. The summed E-state index contributed by atoms with van der Waals surface area (Å²) in [4.78, 5) is 0. The molecule has 0 fully saturated rings. The van der Waals surface area contributed by atoms with Crippen molar-refractivity contribution in [1.29, 1.82) is 0 Å². The third kappa shape index (κ3) is 4.51. The molecule has 2 aromatic carbocycles. The lowest BCUT2D eigenvalue weighted by Crippen LogP contribution is -2.09. The van der Waals surface area contributed by atoms with Crippen molar-refractivity contribution in [1.82, 2.24) is 0 Å². The van der Waals surface area contributed by atoms with E-state index in [0.717, 1.165) is 10.2 Å². The van der Waals surface area contributed by atoms with Crippen molar-refractivity contribution >= 4 is 15.9 Å². The van der Waals surface area contributed by atoms with Crippen LogP contribution in [0.5, 0.6) is 11.5 Å². The highest BCUT2D eigenvalue weighted by Crippen LogP contribution is 2.18. The molecule has 3 nitrogen and oxygen atoms in total. The van der Waals surface area contributed by atoms with Crippen LogP contribution in [0.4, 0.5) is 4.39 Å². The molecule has 0 aliphatic heterocycles. The summed E-state index contributed by atoms with van der Waals surface area (Å²) < 4.78 is 25.2. The first kappa shape index (κ1) is 14.8. The van der Waals surface area contributed by atoms with Crippen molar-refractivity contribution < 1.29 is 13.9 Å². The minimum Gasteiger partial charge on any atom is -0.490 e. The minimum atomic E-state index is -0.351. The highest BCUT2D eigenvalue weighted by molar-refractivity contribution is 9.10. The van der Waals surface area contributed by atoms with E-state index in [1.807, 2.05) is 24.3 Å². The summed E-state index contributed by atoms with van der Waals surface area (Å²) in [5.74, 6) is 0.865. The number of halogens is 2. The maximum atomic E-state index is 13.3. The first-order valence-corrected chi connectivity index (χ1v) is 6.97. The average molecular weight is 340 g/mol. The molecule has 0 spiro atoms. The van der Waals surface area contributed by atoms with E-state index in [1.54, 1.807) is 6.07 Å². The van der Waals surface area contributed by atoms with Gasteiger partial charge < -0.3 is 15.2 Å². The predicted octanol–water partition coefficient (Wildman–Crippen LogP) is 3.50. The predicted molar refractivity (Wildman–Crippen MR) is 79.4 cm³/mol. The molecule has 0 amide bonds. The molecule has 2 aromatic rings. The van der Waals surface area contributed by atoms with E-state index in [9.17, 15) is 4.39 Å². The molecule has 0 saturated heterocycles. The van der Waals surface area contributed by atoms with Crippen LogP contribution in [0.2, 0.25) is 0 Å². The van der Waals surface area contributed by atoms with Crippen LogP contribution < -0.4 is 15.2 Å². The van der Waals surface area contributed by atoms with E-state index < -0.39 is 0 Å². The third-order valence-corrected chi connectivity index (χ3v) is 3.08.